The molecule has 0 spiro atoms. The van der Waals surface area contributed by atoms with Gasteiger partial charge in [-0.3, -0.25) is 9.59 Å². The van der Waals surface area contributed by atoms with Crippen molar-refractivity contribution < 1.29 is 4.79 Å². The molecular formula is C23H20N2O2. The summed E-state index contributed by atoms with van der Waals surface area (Å²) >= 11 is 0. The lowest BCUT2D eigenvalue weighted by Gasteiger charge is -2.10. The molecule has 0 aliphatic heterocycles. The Bertz CT molecular complexity index is 1200. The van der Waals surface area contributed by atoms with E-state index in [0.29, 0.717) is 12.1 Å². The Labute approximate surface area is 156 Å². The smallest absolute Gasteiger partial charge is 0.248 e. The van der Waals surface area contributed by atoms with Crippen LogP contribution in [0.3, 0.4) is 0 Å². The van der Waals surface area contributed by atoms with E-state index in [9.17, 15) is 9.59 Å². The van der Waals surface area contributed by atoms with Crippen LogP contribution in [0.25, 0.3) is 21.7 Å². The third-order valence-electron chi connectivity index (χ3n) is 4.82. The number of benzene rings is 3. The van der Waals surface area contributed by atoms with Gasteiger partial charge in [-0.25, -0.2) is 0 Å². The molecule has 4 aromatic rings. The number of nitrogens with one attached hydrogen (secondary N) is 2. The fourth-order valence-electron chi connectivity index (χ4n) is 3.53. The topological polar surface area (TPSA) is 62.0 Å². The summed E-state index contributed by atoms with van der Waals surface area (Å²) in [6.45, 7) is 2.02. The third kappa shape index (κ3) is 3.47. The van der Waals surface area contributed by atoms with Crippen LogP contribution in [0.2, 0.25) is 0 Å². The first-order valence-electron chi connectivity index (χ1n) is 9.06. The van der Waals surface area contributed by atoms with Gasteiger partial charge in [-0.15, -0.1) is 0 Å². The van der Waals surface area contributed by atoms with E-state index in [-0.39, 0.29) is 11.5 Å². The molecule has 4 nitrogen and oxygen atoms in total. The molecule has 3 aromatic carbocycles. The minimum Gasteiger partial charge on any atom is -0.326 e. The van der Waals surface area contributed by atoms with Crippen molar-refractivity contribution in [3.63, 3.8) is 0 Å². The normalized spacial score (nSPS) is 11.0. The Morgan fingerprint density at radius 2 is 1.74 bits per heavy atom. The zero-order valence-electron chi connectivity index (χ0n) is 15.1. The number of aromatic nitrogens is 1. The van der Waals surface area contributed by atoms with Crippen molar-refractivity contribution in [3.8, 4) is 0 Å². The molecule has 0 aliphatic rings. The van der Waals surface area contributed by atoms with Crippen molar-refractivity contribution in [1.82, 2.24) is 4.98 Å². The average molecular weight is 356 g/mol. The van der Waals surface area contributed by atoms with E-state index in [4.69, 9.17) is 0 Å². The highest BCUT2D eigenvalue weighted by atomic mass is 16.1. The van der Waals surface area contributed by atoms with E-state index in [1.54, 1.807) is 6.07 Å². The fourth-order valence-corrected chi connectivity index (χ4v) is 3.53. The molecule has 0 fully saturated rings. The maximum absolute atomic E-state index is 12.6. The van der Waals surface area contributed by atoms with Gasteiger partial charge in [-0.2, -0.15) is 0 Å². The summed E-state index contributed by atoms with van der Waals surface area (Å²) in [4.78, 5) is 27.2. The number of hydrogen-bond acceptors (Lipinski definition) is 2. The monoisotopic (exact) mass is 356 g/mol. The molecule has 0 atom stereocenters. The quantitative estimate of drug-likeness (QED) is 0.568. The van der Waals surface area contributed by atoms with Crippen LogP contribution in [0, 0.1) is 0 Å². The summed E-state index contributed by atoms with van der Waals surface area (Å²) in [5.74, 6) is -0.0836. The number of carbonyl (C=O) groups excluding carboxylic acids is 1. The van der Waals surface area contributed by atoms with Crippen molar-refractivity contribution in [2.45, 2.75) is 19.8 Å². The lowest BCUT2D eigenvalue weighted by atomic mass is 10.0. The van der Waals surface area contributed by atoms with Gasteiger partial charge in [0.2, 0.25) is 11.5 Å². The lowest BCUT2D eigenvalue weighted by Crippen LogP contribution is -2.15. The van der Waals surface area contributed by atoms with Crippen LogP contribution in [0.5, 0.6) is 0 Å². The summed E-state index contributed by atoms with van der Waals surface area (Å²) in [6, 6.07) is 21.3. The summed E-state index contributed by atoms with van der Waals surface area (Å²) in [5, 5.41) is 6.16. The zero-order valence-corrected chi connectivity index (χ0v) is 15.1. The van der Waals surface area contributed by atoms with Gasteiger partial charge in [0, 0.05) is 17.1 Å². The van der Waals surface area contributed by atoms with Crippen molar-refractivity contribution in [2.24, 2.45) is 0 Å². The Kier molecular flexibility index (Phi) is 4.47. The highest BCUT2D eigenvalue weighted by Gasteiger charge is 2.09. The second kappa shape index (κ2) is 7.08. The van der Waals surface area contributed by atoms with Crippen LogP contribution in [0.4, 0.5) is 5.69 Å². The molecule has 0 aliphatic carbocycles. The van der Waals surface area contributed by atoms with E-state index >= 15 is 0 Å². The molecule has 0 unspecified atom stereocenters. The molecule has 2 N–H and O–H groups in total. The fraction of sp³-hybridized carbons (Fsp3) is 0.130. The maximum atomic E-state index is 12.6. The van der Waals surface area contributed by atoms with E-state index in [1.807, 2.05) is 67.6 Å². The van der Waals surface area contributed by atoms with E-state index < -0.39 is 0 Å². The molecule has 4 heteroatoms. The Balaban J connectivity index is 1.60. The van der Waals surface area contributed by atoms with Crippen molar-refractivity contribution >= 4 is 33.3 Å². The van der Waals surface area contributed by atoms with Crippen LogP contribution >= 0.6 is 0 Å². The number of fused-ring (bicyclic) bond motifs is 2. The zero-order chi connectivity index (χ0) is 18.8. The van der Waals surface area contributed by atoms with Crippen molar-refractivity contribution in [1.29, 1.82) is 0 Å². The SMILES string of the molecule is CCc1cc(=O)[nH]c2cc(NC(=O)Cc3cccc4ccccc34)ccc12. The van der Waals surface area contributed by atoms with Crippen LogP contribution in [0.15, 0.2) is 71.5 Å². The molecule has 1 heterocycles. The van der Waals surface area contributed by atoms with Gasteiger partial charge < -0.3 is 10.3 Å². The summed E-state index contributed by atoms with van der Waals surface area (Å²) in [5.41, 5.74) is 3.29. The van der Waals surface area contributed by atoms with E-state index in [2.05, 4.69) is 10.3 Å². The van der Waals surface area contributed by atoms with Gasteiger partial charge in [0.15, 0.2) is 0 Å². The van der Waals surface area contributed by atoms with Gasteiger partial charge in [0.1, 0.15) is 0 Å². The first-order chi connectivity index (χ1) is 13.1. The summed E-state index contributed by atoms with van der Waals surface area (Å²) < 4.78 is 0. The Hall–Kier alpha value is -3.40. The van der Waals surface area contributed by atoms with Crippen LogP contribution in [-0.2, 0) is 17.6 Å². The van der Waals surface area contributed by atoms with Gasteiger partial charge in [-0.05, 0) is 40.5 Å². The van der Waals surface area contributed by atoms with Crippen LogP contribution < -0.4 is 10.9 Å². The second-order valence-electron chi connectivity index (χ2n) is 6.64. The van der Waals surface area contributed by atoms with Gasteiger partial charge in [0.25, 0.3) is 0 Å². The molecule has 0 saturated heterocycles. The first-order valence-corrected chi connectivity index (χ1v) is 9.06. The average Bonchev–Trinajstić information content (AvgIpc) is 2.67. The highest BCUT2D eigenvalue weighted by molar-refractivity contribution is 5.97. The largest absolute Gasteiger partial charge is 0.326 e. The minimum atomic E-state index is -0.126. The van der Waals surface area contributed by atoms with E-state index in [0.717, 1.165) is 39.2 Å². The number of H-pyrrole nitrogens is 1. The summed E-state index contributed by atoms with van der Waals surface area (Å²) in [7, 11) is 0. The van der Waals surface area contributed by atoms with Gasteiger partial charge in [-0.1, -0.05) is 55.5 Å². The standard InChI is InChI=1S/C23H20N2O2/c1-2-15-12-23(27)25-21-14-18(10-11-20(15)21)24-22(26)13-17-8-5-7-16-6-3-4-9-19(16)17/h3-12,14H,2,13H2,1H3,(H,24,26)(H,25,27). The predicted octanol–water partition coefficient (Wildman–Crippen LogP) is 4.42. The molecule has 0 bridgehead atoms. The molecule has 0 radical (unpaired) electrons. The van der Waals surface area contributed by atoms with E-state index in [1.165, 1.54) is 0 Å². The lowest BCUT2D eigenvalue weighted by molar-refractivity contribution is -0.115. The first kappa shape index (κ1) is 17.0. The Morgan fingerprint density at radius 3 is 2.59 bits per heavy atom. The van der Waals surface area contributed by atoms with Crippen LogP contribution in [-0.4, -0.2) is 10.9 Å². The summed E-state index contributed by atoms with van der Waals surface area (Å²) in [6.07, 6.45) is 1.08. The predicted molar refractivity (Wildman–Crippen MR) is 110 cm³/mol. The Morgan fingerprint density at radius 1 is 0.926 bits per heavy atom. The number of amides is 1. The molecule has 134 valence electrons. The molecule has 1 amide bonds. The molecular weight excluding hydrogens is 336 g/mol. The number of aromatic amines is 1. The van der Waals surface area contributed by atoms with Gasteiger partial charge >= 0.3 is 0 Å². The molecule has 27 heavy (non-hydrogen) atoms. The van der Waals surface area contributed by atoms with Gasteiger partial charge in [0.05, 0.1) is 11.9 Å². The number of rotatable bonds is 4. The number of aryl methyl sites for hydroxylation is 1. The number of carbonyl (C=O) groups is 1. The number of pyridine rings is 1. The number of hydrogen-bond donors (Lipinski definition) is 2. The molecule has 0 saturated carbocycles. The van der Waals surface area contributed by atoms with Crippen LogP contribution in [0.1, 0.15) is 18.1 Å². The second-order valence-corrected chi connectivity index (χ2v) is 6.64. The molecule has 4 rings (SSSR count). The minimum absolute atomic E-state index is 0.0836. The highest BCUT2D eigenvalue weighted by Crippen LogP contribution is 2.22. The van der Waals surface area contributed by atoms with Crippen molar-refractivity contribution in [3.05, 3.63) is 88.2 Å². The molecule has 1 aromatic heterocycles. The number of anilines is 1. The third-order valence-corrected chi connectivity index (χ3v) is 4.82. The maximum Gasteiger partial charge on any atom is 0.248 e. The van der Waals surface area contributed by atoms with Crippen molar-refractivity contribution in [2.75, 3.05) is 5.32 Å².